The van der Waals surface area contributed by atoms with Crippen molar-refractivity contribution in [2.24, 2.45) is 16.5 Å². The summed E-state index contributed by atoms with van der Waals surface area (Å²) >= 11 is 0. The molecule has 2 aliphatic rings. The van der Waals surface area contributed by atoms with Crippen molar-refractivity contribution in [2.75, 3.05) is 19.0 Å². The van der Waals surface area contributed by atoms with Gasteiger partial charge in [-0.2, -0.15) is 4.99 Å². The smallest absolute Gasteiger partial charge is 0.340 e. The van der Waals surface area contributed by atoms with E-state index in [2.05, 4.69) is 19.2 Å². The Morgan fingerprint density at radius 2 is 1.25 bits per heavy atom. The molecule has 0 atom stereocenters. The number of nitrogens with two attached hydrogens (primary N) is 2. The molecule has 16 heteroatoms. The Bertz CT molecular complexity index is 1670. The van der Waals surface area contributed by atoms with Crippen LogP contribution in [-0.4, -0.2) is 65.6 Å². The third-order valence-electron chi connectivity index (χ3n) is 5.84. The average Bonchev–Trinajstić information content (AvgIpc) is 2.91. The number of amides is 1. The number of carbonyl (C=O) groups is 4. The van der Waals surface area contributed by atoms with Crippen LogP contribution in [0, 0.1) is 0 Å². The second-order valence-electron chi connectivity index (χ2n) is 8.38. The Morgan fingerprint density at radius 1 is 0.825 bits per heavy atom. The topological polar surface area (TPSA) is 229 Å². The lowest BCUT2D eigenvalue weighted by molar-refractivity contribution is 0.0546. The zero-order valence-electron chi connectivity index (χ0n) is 21.5. The van der Waals surface area contributed by atoms with Crippen LogP contribution in [0.25, 0.3) is 0 Å². The summed E-state index contributed by atoms with van der Waals surface area (Å²) < 4.78 is 61.4. The molecule has 40 heavy (non-hydrogen) atoms. The van der Waals surface area contributed by atoms with Gasteiger partial charge in [-0.25, -0.2) is 31.2 Å². The first-order valence-corrected chi connectivity index (χ1v) is 14.8. The number of methoxy groups -OCH3 is 1. The molecule has 0 fully saturated rings. The number of carbonyl (C=O) groups excluding carboxylic acids is 4. The van der Waals surface area contributed by atoms with E-state index in [1.807, 2.05) is 0 Å². The number of hydrogen-bond acceptors (Lipinski definition) is 11. The maximum atomic E-state index is 12.0. The Hall–Kier alpha value is -4.31. The first-order chi connectivity index (χ1) is 18.7. The van der Waals surface area contributed by atoms with Gasteiger partial charge in [-0.05, 0) is 48.2 Å². The highest BCUT2D eigenvalue weighted by molar-refractivity contribution is 7.91. The van der Waals surface area contributed by atoms with Gasteiger partial charge in [0.05, 0.1) is 33.6 Å². The minimum Gasteiger partial charge on any atom is -0.465 e. The van der Waals surface area contributed by atoms with Crippen molar-refractivity contribution in [3.63, 3.8) is 0 Å². The van der Waals surface area contributed by atoms with E-state index in [0.717, 1.165) is 6.07 Å². The Morgan fingerprint density at radius 3 is 1.65 bits per heavy atom. The van der Waals surface area contributed by atoms with Crippen LogP contribution in [0.1, 0.15) is 66.4 Å². The summed E-state index contributed by atoms with van der Waals surface area (Å²) in [5.74, 6) is -4.71. The van der Waals surface area contributed by atoms with Gasteiger partial charge in [0.2, 0.25) is 19.7 Å². The standard InChI is InChI=1S/C12H13N3O5S.C12H12O6S/c1-2-6-3-8-9(21(18,19)5-20-11(8)17)4-7(6)10(16)15-12(13)14;1-3-7-4-9-10(5-8(7)11(13)17-2)19(15,16)6-18-12(9)14/h3-4H,2,5H2,1H3,(H4,13,14,15,16);4-5H,3,6H2,1-2H3. The molecule has 14 nitrogen and oxygen atoms in total. The number of aliphatic imine (C=N–C) groups is 1. The van der Waals surface area contributed by atoms with Crippen molar-refractivity contribution in [1.29, 1.82) is 0 Å². The van der Waals surface area contributed by atoms with Crippen molar-refractivity contribution in [2.45, 2.75) is 36.5 Å². The van der Waals surface area contributed by atoms with E-state index < -0.39 is 61.3 Å². The lowest BCUT2D eigenvalue weighted by atomic mass is 10.0. The first kappa shape index (κ1) is 30.2. The van der Waals surface area contributed by atoms with E-state index in [4.69, 9.17) is 11.5 Å². The molecule has 1 amide bonds. The van der Waals surface area contributed by atoms with Crippen molar-refractivity contribution in [3.8, 4) is 0 Å². The van der Waals surface area contributed by atoms with Crippen LogP contribution in [0.4, 0.5) is 0 Å². The molecular weight excluding hydrogens is 570 g/mol. The fourth-order valence-electron chi connectivity index (χ4n) is 3.89. The van der Waals surface area contributed by atoms with Gasteiger partial charge < -0.3 is 25.7 Å². The number of benzene rings is 2. The van der Waals surface area contributed by atoms with E-state index in [-0.39, 0.29) is 32.0 Å². The fraction of sp³-hybridized carbons (Fsp3) is 0.292. The zero-order chi connectivity index (χ0) is 30.0. The summed E-state index contributed by atoms with van der Waals surface area (Å²) in [4.78, 5) is 49.8. The number of rotatable bonds is 4. The highest BCUT2D eigenvalue weighted by Crippen LogP contribution is 2.29. The Kier molecular flexibility index (Phi) is 8.64. The predicted molar refractivity (Wildman–Crippen MR) is 138 cm³/mol. The molecule has 0 bridgehead atoms. The van der Waals surface area contributed by atoms with E-state index in [9.17, 15) is 36.0 Å². The number of nitrogens with zero attached hydrogens (tertiary/aromatic N) is 1. The van der Waals surface area contributed by atoms with E-state index >= 15 is 0 Å². The molecule has 4 rings (SSSR count). The molecule has 0 aliphatic carbocycles. The van der Waals surface area contributed by atoms with Crippen LogP contribution in [0.15, 0.2) is 39.0 Å². The highest BCUT2D eigenvalue weighted by Gasteiger charge is 2.34. The van der Waals surface area contributed by atoms with Gasteiger partial charge in [-0.1, -0.05) is 13.8 Å². The highest BCUT2D eigenvalue weighted by atomic mass is 32.2. The Balaban J connectivity index is 0.000000222. The molecule has 2 aliphatic heterocycles. The monoisotopic (exact) mass is 595 g/mol. The van der Waals surface area contributed by atoms with Crippen LogP contribution in [-0.2, 0) is 46.7 Å². The maximum Gasteiger partial charge on any atom is 0.340 e. The van der Waals surface area contributed by atoms with Gasteiger partial charge in [-0.3, -0.25) is 4.79 Å². The number of aryl methyl sites for hydroxylation is 2. The summed E-state index contributed by atoms with van der Waals surface area (Å²) in [6, 6.07) is 5.01. The summed E-state index contributed by atoms with van der Waals surface area (Å²) in [6.07, 6.45) is 0.854. The Labute approximate surface area is 229 Å². The van der Waals surface area contributed by atoms with Gasteiger partial charge in [-0.15, -0.1) is 0 Å². The normalized spacial score (nSPS) is 16.1. The fourth-order valence-corrected chi connectivity index (χ4v) is 6.22. The zero-order valence-corrected chi connectivity index (χ0v) is 23.2. The number of cyclic esters (lactones) is 2. The molecule has 0 unspecified atom stereocenters. The predicted octanol–water partition coefficient (Wildman–Crippen LogP) is 0.501. The number of fused-ring (bicyclic) bond motifs is 2. The van der Waals surface area contributed by atoms with Crippen molar-refractivity contribution in [3.05, 3.63) is 57.6 Å². The van der Waals surface area contributed by atoms with Gasteiger partial charge in [0.25, 0.3) is 5.91 Å². The summed E-state index contributed by atoms with van der Waals surface area (Å²) in [5, 5.41) is 0. The van der Waals surface area contributed by atoms with Crippen molar-refractivity contribution >= 4 is 49.4 Å². The minimum absolute atomic E-state index is 0.0317. The number of ether oxygens (including phenoxy) is 3. The number of guanidine groups is 1. The molecule has 2 aromatic carbocycles. The van der Waals surface area contributed by atoms with E-state index in [1.165, 1.54) is 25.3 Å². The molecule has 0 aromatic heterocycles. The van der Waals surface area contributed by atoms with E-state index in [1.54, 1.807) is 13.8 Å². The van der Waals surface area contributed by atoms with Crippen LogP contribution in [0.3, 0.4) is 0 Å². The van der Waals surface area contributed by atoms with Gasteiger partial charge in [0.15, 0.2) is 17.8 Å². The molecule has 0 saturated carbocycles. The SMILES string of the molecule is CCc1cc2c(cc1C(=O)N=C(N)N)S(=O)(=O)COC2=O.CCc1cc2c(cc1C(=O)OC)S(=O)(=O)COC2=O. The number of hydrogen-bond donors (Lipinski definition) is 2. The lowest BCUT2D eigenvalue weighted by Crippen LogP contribution is -2.26. The molecule has 214 valence electrons. The second kappa shape index (κ2) is 11.4. The molecule has 4 N–H and O–H groups in total. The van der Waals surface area contributed by atoms with Gasteiger partial charge in [0.1, 0.15) is 0 Å². The third-order valence-corrected chi connectivity index (χ3v) is 8.71. The second-order valence-corrected chi connectivity index (χ2v) is 12.2. The largest absolute Gasteiger partial charge is 0.465 e. The number of esters is 3. The average molecular weight is 596 g/mol. The number of sulfone groups is 2. The molecule has 2 aromatic rings. The first-order valence-electron chi connectivity index (χ1n) is 11.5. The summed E-state index contributed by atoms with van der Waals surface area (Å²) in [6.45, 7) is 3.54. The van der Waals surface area contributed by atoms with Gasteiger partial charge >= 0.3 is 17.9 Å². The molecule has 0 spiro atoms. The quantitative estimate of drug-likeness (QED) is 0.213. The van der Waals surface area contributed by atoms with Crippen LogP contribution in [0.5, 0.6) is 0 Å². The molecular formula is C24H25N3O11S2. The van der Waals surface area contributed by atoms with Crippen LogP contribution >= 0.6 is 0 Å². The lowest BCUT2D eigenvalue weighted by Gasteiger charge is -2.18. The third kappa shape index (κ3) is 5.96. The van der Waals surface area contributed by atoms with Gasteiger partial charge in [0, 0.05) is 5.56 Å². The minimum atomic E-state index is -3.79. The molecule has 0 radical (unpaired) electrons. The van der Waals surface area contributed by atoms with Crippen molar-refractivity contribution in [1.82, 2.24) is 0 Å². The molecule has 0 saturated heterocycles. The summed E-state index contributed by atoms with van der Waals surface area (Å²) in [5.41, 5.74) is 11.4. The van der Waals surface area contributed by atoms with Crippen LogP contribution < -0.4 is 11.5 Å². The molecule has 2 heterocycles. The van der Waals surface area contributed by atoms with Crippen molar-refractivity contribution < 1.29 is 50.2 Å². The maximum absolute atomic E-state index is 12.0. The van der Waals surface area contributed by atoms with E-state index in [0.29, 0.717) is 24.0 Å². The van der Waals surface area contributed by atoms with Crippen LogP contribution in [0.2, 0.25) is 0 Å². The summed E-state index contributed by atoms with van der Waals surface area (Å²) in [7, 11) is -6.29.